The van der Waals surface area contributed by atoms with E-state index in [1.165, 1.54) is 6.92 Å². The third kappa shape index (κ3) is 2.80. The van der Waals surface area contributed by atoms with Gasteiger partial charge < -0.3 is 9.80 Å². The average molecular weight is 281 g/mol. The predicted molar refractivity (Wildman–Crippen MR) is 69.6 cm³/mol. The van der Waals surface area contributed by atoms with E-state index in [2.05, 4.69) is 10.0 Å². The van der Waals surface area contributed by atoms with Crippen molar-refractivity contribution >= 4 is 17.3 Å². The number of hydrogen-bond donors (Lipinski definition) is 0. The second-order valence-corrected chi connectivity index (χ2v) is 4.44. The Morgan fingerprint density at radius 3 is 2.25 bits per heavy atom. The minimum atomic E-state index is -0.774. The average Bonchev–Trinajstić information content (AvgIpc) is 2.39. The Morgan fingerprint density at radius 1 is 1.25 bits per heavy atom. The van der Waals surface area contributed by atoms with Crippen LogP contribution in [0.5, 0.6) is 0 Å². The van der Waals surface area contributed by atoms with Gasteiger partial charge in [-0.3, -0.25) is 4.79 Å². The van der Waals surface area contributed by atoms with Crippen molar-refractivity contribution in [3.63, 3.8) is 0 Å². The molecule has 2 rings (SSSR count). The largest absolute Gasteiger partial charge is 0.363 e. The molecule has 1 heterocycles. The van der Waals surface area contributed by atoms with Gasteiger partial charge in [0.1, 0.15) is 17.3 Å². The van der Waals surface area contributed by atoms with Gasteiger partial charge in [-0.05, 0) is 17.7 Å². The number of nitrogens with zero attached hydrogens (tertiary/aromatic N) is 5. The van der Waals surface area contributed by atoms with Crippen molar-refractivity contribution in [2.24, 2.45) is 5.11 Å². The van der Waals surface area contributed by atoms with E-state index in [0.29, 0.717) is 26.2 Å². The Labute approximate surface area is 114 Å². The van der Waals surface area contributed by atoms with Crippen LogP contribution in [0.1, 0.15) is 6.92 Å². The van der Waals surface area contributed by atoms with E-state index in [9.17, 15) is 13.6 Å². The van der Waals surface area contributed by atoms with Gasteiger partial charge in [-0.15, -0.1) is 0 Å². The summed E-state index contributed by atoms with van der Waals surface area (Å²) in [7, 11) is 0. The van der Waals surface area contributed by atoms with E-state index in [-0.39, 0.29) is 17.3 Å². The van der Waals surface area contributed by atoms with E-state index in [0.717, 1.165) is 12.1 Å². The fourth-order valence-electron chi connectivity index (χ4n) is 2.21. The summed E-state index contributed by atoms with van der Waals surface area (Å²) in [6.07, 6.45) is 0. The van der Waals surface area contributed by atoms with E-state index in [1.54, 1.807) is 9.80 Å². The highest BCUT2D eigenvalue weighted by atomic mass is 19.1. The van der Waals surface area contributed by atoms with Gasteiger partial charge in [0.25, 0.3) is 0 Å². The quantitative estimate of drug-likeness (QED) is 0.475. The molecular weight excluding hydrogens is 268 g/mol. The number of anilines is 1. The van der Waals surface area contributed by atoms with Crippen LogP contribution in [-0.2, 0) is 4.79 Å². The van der Waals surface area contributed by atoms with E-state index >= 15 is 0 Å². The summed E-state index contributed by atoms with van der Waals surface area (Å²) in [5.74, 6) is -1.60. The highest BCUT2D eigenvalue weighted by Gasteiger charge is 2.23. The van der Waals surface area contributed by atoms with Gasteiger partial charge in [-0.1, -0.05) is 5.11 Å². The molecule has 106 valence electrons. The summed E-state index contributed by atoms with van der Waals surface area (Å²) in [5, 5.41) is 3.18. The maximum absolute atomic E-state index is 13.9. The summed E-state index contributed by atoms with van der Waals surface area (Å²) in [6, 6.07) is 1.99. The molecular formula is C12H13F2N5O. The van der Waals surface area contributed by atoms with Crippen molar-refractivity contribution in [2.45, 2.75) is 6.92 Å². The number of azide groups is 1. The number of carbonyl (C=O) groups excluding carboxylic acids is 1. The maximum Gasteiger partial charge on any atom is 0.219 e. The SMILES string of the molecule is CC(=O)N1CCN(c2c(F)cc(N=[N+]=[N-])cc2F)CC1. The third-order valence-corrected chi connectivity index (χ3v) is 3.20. The van der Waals surface area contributed by atoms with E-state index < -0.39 is 11.6 Å². The van der Waals surface area contributed by atoms with Crippen LogP contribution in [-0.4, -0.2) is 37.0 Å². The van der Waals surface area contributed by atoms with Crippen molar-refractivity contribution in [3.8, 4) is 0 Å². The number of hydrogen-bond acceptors (Lipinski definition) is 3. The summed E-state index contributed by atoms with van der Waals surface area (Å²) >= 11 is 0. The Balaban J connectivity index is 2.22. The lowest BCUT2D eigenvalue weighted by Crippen LogP contribution is -2.48. The smallest absolute Gasteiger partial charge is 0.219 e. The fourth-order valence-corrected chi connectivity index (χ4v) is 2.21. The monoisotopic (exact) mass is 281 g/mol. The zero-order valence-electron chi connectivity index (χ0n) is 10.9. The number of halogens is 2. The van der Waals surface area contributed by atoms with E-state index in [4.69, 9.17) is 5.53 Å². The molecule has 1 aromatic rings. The van der Waals surface area contributed by atoms with E-state index in [1.807, 2.05) is 0 Å². The number of carbonyl (C=O) groups is 1. The topological polar surface area (TPSA) is 72.3 Å². The van der Waals surface area contributed by atoms with Crippen LogP contribution in [0.25, 0.3) is 10.4 Å². The summed E-state index contributed by atoms with van der Waals surface area (Å²) in [6.45, 7) is 3.02. The first-order valence-electron chi connectivity index (χ1n) is 6.07. The van der Waals surface area contributed by atoms with Crippen molar-refractivity contribution in [1.82, 2.24) is 4.90 Å². The summed E-state index contributed by atoms with van der Waals surface area (Å²) in [4.78, 5) is 16.9. The molecule has 0 radical (unpaired) electrons. The lowest BCUT2D eigenvalue weighted by molar-refractivity contribution is -0.129. The fraction of sp³-hybridized carbons (Fsp3) is 0.417. The zero-order chi connectivity index (χ0) is 14.7. The van der Waals surface area contributed by atoms with Crippen molar-refractivity contribution < 1.29 is 13.6 Å². The molecule has 0 aliphatic carbocycles. The molecule has 1 aliphatic rings. The Hall–Kier alpha value is -2.34. The summed E-state index contributed by atoms with van der Waals surface area (Å²) < 4.78 is 27.9. The Bertz CT molecular complexity index is 554. The molecule has 1 saturated heterocycles. The predicted octanol–water partition coefficient (Wildman–Crippen LogP) is 2.58. The lowest BCUT2D eigenvalue weighted by Gasteiger charge is -2.35. The van der Waals surface area contributed by atoms with Gasteiger partial charge >= 0.3 is 0 Å². The molecule has 0 spiro atoms. The molecule has 0 bridgehead atoms. The van der Waals surface area contributed by atoms with Crippen LogP contribution < -0.4 is 4.90 Å². The standard InChI is InChI=1S/C12H13F2N5O/c1-8(20)18-2-4-19(5-3-18)12-10(13)6-9(16-17-15)7-11(12)14/h6-7H,2-5H2,1H3. The van der Waals surface area contributed by atoms with Crippen molar-refractivity contribution in [1.29, 1.82) is 0 Å². The van der Waals surface area contributed by atoms with Crippen LogP contribution in [0, 0.1) is 11.6 Å². The molecule has 8 heteroatoms. The highest BCUT2D eigenvalue weighted by molar-refractivity contribution is 5.73. The zero-order valence-corrected chi connectivity index (χ0v) is 10.9. The van der Waals surface area contributed by atoms with Gasteiger partial charge in [0.05, 0.1) is 0 Å². The molecule has 0 saturated carbocycles. The minimum Gasteiger partial charge on any atom is -0.363 e. The second kappa shape index (κ2) is 5.75. The number of amides is 1. The summed E-state index contributed by atoms with van der Waals surface area (Å²) in [5.41, 5.74) is 8.02. The minimum absolute atomic E-state index is 0.0516. The Morgan fingerprint density at radius 2 is 1.80 bits per heavy atom. The first-order valence-corrected chi connectivity index (χ1v) is 6.07. The first-order chi connectivity index (χ1) is 9.52. The van der Waals surface area contributed by atoms with Crippen molar-refractivity contribution in [3.05, 3.63) is 34.2 Å². The molecule has 1 aromatic carbocycles. The molecule has 6 nitrogen and oxygen atoms in total. The molecule has 20 heavy (non-hydrogen) atoms. The molecule has 1 amide bonds. The number of rotatable bonds is 2. The third-order valence-electron chi connectivity index (χ3n) is 3.20. The number of benzene rings is 1. The van der Waals surface area contributed by atoms with Crippen LogP contribution in [0.4, 0.5) is 20.2 Å². The van der Waals surface area contributed by atoms with Crippen LogP contribution >= 0.6 is 0 Å². The van der Waals surface area contributed by atoms with Gasteiger partial charge in [-0.2, -0.15) is 0 Å². The second-order valence-electron chi connectivity index (χ2n) is 4.44. The highest BCUT2D eigenvalue weighted by Crippen LogP contribution is 2.29. The van der Waals surface area contributed by atoms with Gasteiger partial charge in [-0.25, -0.2) is 8.78 Å². The molecule has 0 unspecified atom stereocenters. The number of piperazine rings is 1. The molecule has 0 atom stereocenters. The maximum atomic E-state index is 13.9. The molecule has 1 fully saturated rings. The van der Waals surface area contributed by atoms with Crippen LogP contribution in [0.15, 0.2) is 17.2 Å². The first kappa shape index (κ1) is 14.1. The molecule has 0 N–H and O–H groups in total. The molecule has 0 aromatic heterocycles. The molecule has 1 aliphatic heterocycles. The van der Waals surface area contributed by atoms with Gasteiger partial charge in [0.2, 0.25) is 5.91 Å². The van der Waals surface area contributed by atoms with Crippen LogP contribution in [0.2, 0.25) is 0 Å². The van der Waals surface area contributed by atoms with Gasteiger partial charge in [0, 0.05) is 43.7 Å². The Kier molecular flexibility index (Phi) is 4.05. The normalized spacial score (nSPS) is 14.9. The van der Waals surface area contributed by atoms with Crippen LogP contribution in [0.3, 0.4) is 0 Å². The lowest BCUT2D eigenvalue weighted by atomic mass is 10.2. The van der Waals surface area contributed by atoms with Crippen molar-refractivity contribution in [2.75, 3.05) is 31.1 Å². The van der Waals surface area contributed by atoms with Gasteiger partial charge in [0.15, 0.2) is 0 Å².